The topological polar surface area (TPSA) is 0 Å². The number of hydrogen-bond donors (Lipinski definition) is 0. The van der Waals surface area contributed by atoms with Crippen molar-refractivity contribution in [3.8, 4) is 0 Å². The molecular formula is C10H24B2F6P2. The van der Waals surface area contributed by atoms with Crippen LogP contribution in [0.1, 0.15) is 27.7 Å². The van der Waals surface area contributed by atoms with Crippen LogP contribution in [0.5, 0.6) is 0 Å². The van der Waals surface area contributed by atoms with Crippen molar-refractivity contribution in [1.29, 1.82) is 0 Å². The maximum atomic E-state index is 13.3. The minimum atomic E-state index is -5.01. The van der Waals surface area contributed by atoms with E-state index in [1.165, 1.54) is 27.7 Å². The molecule has 0 nitrogen and oxygen atoms in total. The van der Waals surface area contributed by atoms with Gasteiger partial charge in [0.15, 0.2) is 0 Å². The Labute approximate surface area is 119 Å². The van der Waals surface area contributed by atoms with Crippen molar-refractivity contribution in [2.24, 2.45) is 0 Å². The predicted octanol–water partition coefficient (Wildman–Crippen LogP) is 5.79. The van der Waals surface area contributed by atoms with Gasteiger partial charge in [-0.05, 0) is 42.0 Å². The summed E-state index contributed by atoms with van der Waals surface area (Å²) >= 11 is 0. The van der Waals surface area contributed by atoms with Gasteiger partial charge in [0.1, 0.15) is 0 Å². The van der Waals surface area contributed by atoms with Crippen LogP contribution < -0.4 is 0 Å². The molecule has 0 atom stereocenters. The highest BCUT2D eigenvalue weighted by Crippen LogP contribution is 2.73. The van der Waals surface area contributed by atoms with E-state index in [-0.39, 0.29) is 37.0 Å². The van der Waals surface area contributed by atoms with Crippen molar-refractivity contribution < 1.29 is 25.9 Å². The molecule has 0 saturated heterocycles. The van der Waals surface area contributed by atoms with Crippen LogP contribution >= 0.6 is 14.3 Å². The average molecular weight is 342 g/mol. The molecule has 0 bridgehead atoms. The van der Waals surface area contributed by atoms with Gasteiger partial charge in [-0.15, -0.1) is 0 Å². The smallest absolute Gasteiger partial charge is 0.410 e. The van der Waals surface area contributed by atoms with Gasteiger partial charge in [-0.1, -0.05) is 0 Å². The third kappa shape index (κ3) is 4.06. The fourth-order valence-electron chi connectivity index (χ4n) is 2.60. The van der Waals surface area contributed by atoms with Gasteiger partial charge in [-0.25, -0.2) is 0 Å². The molecule has 20 heavy (non-hydrogen) atoms. The molecule has 0 spiro atoms. The highest BCUT2D eigenvalue weighted by atomic mass is 31.2. The number of hydrogen-bond acceptors (Lipinski definition) is 0. The number of rotatable bonds is 9. The molecule has 0 saturated carbocycles. The van der Waals surface area contributed by atoms with Crippen molar-refractivity contribution in [2.75, 3.05) is 37.0 Å². The van der Waals surface area contributed by atoms with E-state index >= 15 is 0 Å². The highest BCUT2D eigenvalue weighted by molar-refractivity contribution is 8.08. The molecule has 0 radical (unpaired) electrons. The zero-order chi connectivity index (χ0) is 16.2. The summed E-state index contributed by atoms with van der Waals surface area (Å²) in [5.74, 6) is 0. The van der Waals surface area contributed by atoms with E-state index in [0.717, 1.165) is 0 Å². The van der Waals surface area contributed by atoms with E-state index in [9.17, 15) is 25.9 Å². The Morgan fingerprint density at radius 1 is 0.550 bits per heavy atom. The van der Waals surface area contributed by atoms with Crippen LogP contribution in [0, 0.1) is 0 Å². The molecule has 0 N–H and O–H groups in total. The summed E-state index contributed by atoms with van der Waals surface area (Å²) < 4.78 is 79.8. The molecular weight excluding hydrogens is 318 g/mol. The monoisotopic (exact) mass is 342 g/mol. The molecule has 0 unspecified atom stereocenters. The first-order chi connectivity index (χ1) is 8.95. The van der Waals surface area contributed by atoms with Crippen LogP contribution in [0.15, 0.2) is 0 Å². The maximum absolute atomic E-state index is 13.3. The Hall–Kier alpha value is 0.570. The van der Waals surface area contributed by atoms with Crippen molar-refractivity contribution in [3.05, 3.63) is 0 Å². The molecule has 10 heteroatoms. The Morgan fingerprint density at radius 3 is 0.850 bits per heavy atom. The zero-order valence-corrected chi connectivity index (χ0v) is 14.3. The second-order valence-electron chi connectivity index (χ2n) is 5.23. The summed E-state index contributed by atoms with van der Waals surface area (Å²) in [6, 6.07) is 0. The molecule has 0 aliphatic carbocycles. The molecule has 0 aromatic rings. The van der Waals surface area contributed by atoms with Gasteiger partial charge in [0, 0.05) is 24.6 Å². The molecule has 122 valence electrons. The largest absolute Gasteiger partial charge is 0.657 e. The Kier molecular flexibility index (Phi) is 7.43. The van der Waals surface area contributed by atoms with Gasteiger partial charge < -0.3 is 25.9 Å². The molecule has 0 aromatic heterocycles. The van der Waals surface area contributed by atoms with E-state index in [1.807, 2.05) is 0 Å². The minimum Gasteiger partial charge on any atom is -0.410 e. The van der Waals surface area contributed by atoms with E-state index in [2.05, 4.69) is 0 Å². The van der Waals surface area contributed by atoms with Gasteiger partial charge in [-0.2, -0.15) is 0 Å². The van der Waals surface area contributed by atoms with Crippen molar-refractivity contribution >= 4 is 27.7 Å². The van der Waals surface area contributed by atoms with Crippen LogP contribution in [0.4, 0.5) is 25.9 Å². The second kappa shape index (κ2) is 7.22. The quantitative estimate of drug-likeness (QED) is 0.283. The molecule has 0 amide bonds. The van der Waals surface area contributed by atoms with Crippen molar-refractivity contribution in [2.45, 2.75) is 27.7 Å². The Balaban J connectivity index is 5.29. The molecule has 0 aliphatic rings. The van der Waals surface area contributed by atoms with Crippen LogP contribution in [0.2, 0.25) is 0 Å². The maximum Gasteiger partial charge on any atom is 0.657 e. The van der Waals surface area contributed by atoms with E-state index in [1.54, 1.807) is 0 Å². The lowest BCUT2D eigenvalue weighted by Crippen LogP contribution is -2.33. The van der Waals surface area contributed by atoms with Crippen molar-refractivity contribution in [3.63, 3.8) is 0 Å². The van der Waals surface area contributed by atoms with Crippen molar-refractivity contribution in [1.82, 2.24) is 0 Å². The van der Waals surface area contributed by atoms with Crippen LogP contribution in [-0.2, 0) is 0 Å². The van der Waals surface area contributed by atoms with Crippen LogP contribution in [-0.4, -0.2) is 50.4 Å². The Morgan fingerprint density at radius 2 is 0.750 bits per heavy atom. The normalized spacial score (nSPS) is 14.7. The summed E-state index contributed by atoms with van der Waals surface area (Å²) in [6.07, 6.45) is -0.617. The average Bonchev–Trinajstić information content (AvgIpc) is 2.32. The third-order valence-electron chi connectivity index (χ3n) is 4.75. The van der Waals surface area contributed by atoms with E-state index < -0.39 is 27.7 Å². The lowest BCUT2D eigenvalue weighted by Gasteiger charge is -2.39. The first-order valence-electron chi connectivity index (χ1n) is 7.05. The second-order valence-corrected chi connectivity index (χ2v) is 14.7. The Bertz CT molecular complexity index is 267. The standard InChI is InChI=1S/C10H24B2F6P2/c1-5-19(6-2,11(13,14)15)9-10-20(7-3,8-4)12(16,17)18/h5-10H2,1-4H3. The van der Waals surface area contributed by atoms with Gasteiger partial charge in [0.2, 0.25) is 0 Å². The summed E-state index contributed by atoms with van der Waals surface area (Å²) in [4.78, 5) is 0. The zero-order valence-electron chi connectivity index (χ0n) is 12.6. The van der Waals surface area contributed by atoms with Crippen LogP contribution in [0.3, 0.4) is 0 Å². The number of halogens is 6. The summed E-state index contributed by atoms with van der Waals surface area (Å²) in [5.41, 5.74) is 0. The predicted molar refractivity (Wildman–Crippen MR) is 83.9 cm³/mol. The van der Waals surface area contributed by atoms with Gasteiger partial charge in [0.05, 0.1) is 12.3 Å². The summed E-state index contributed by atoms with van der Waals surface area (Å²) in [6.45, 7) is -4.13. The molecule has 0 rings (SSSR count). The lowest BCUT2D eigenvalue weighted by atomic mass is 10.4. The fourth-order valence-corrected chi connectivity index (χ4v) is 10.2. The SMILES string of the molecule is CC[P+](CC)(CC[P+](CC)(CC)[B-](F)(F)F)[B-](F)(F)F. The van der Waals surface area contributed by atoms with Gasteiger partial charge >= 0.3 is 13.4 Å². The van der Waals surface area contributed by atoms with Crippen LogP contribution in [0.25, 0.3) is 0 Å². The molecule has 0 heterocycles. The first kappa shape index (κ1) is 20.6. The van der Waals surface area contributed by atoms with E-state index in [4.69, 9.17) is 0 Å². The lowest BCUT2D eigenvalue weighted by molar-refractivity contribution is 0.510. The first-order valence-corrected chi connectivity index (χ1v) is 11.9. The fraction of sp³-hybridized carbons (Fsp3) is 1.00. The van der Waals surface area contributed by atoms with E-state index in [0.29, 0.717) is 0 Å². The summed E-state index contributed by atoms with van der Waals surface area (Å²) in [7, 11) is -6.47. The van der Waals surface area contributed by atoms with Gasteiger partial charge in [0.25, 0.3) is 0 Å². The molecule has 0 aliphatic heterocycles. The third-order valence-corrected chi connectivity index (χ3v) is 14.9. The highest BCUT2D eigenvalue weighted by Gasteiger charge is 2.61. The molecule has 0 aromatic carbocycles. The minimum absolute atomic E-state index is 0.0225. The van der Waals surface area contributed by atoms with Gasteiger partial charge in [-0.3, -0.25) is 0 Å². The molecule has 0 fully saturated rings. The summed E-state index contributed by atoms with van der Waals surface area (Å²) in [5, 5.41) is 0.